The molecule has 0 unspecified atom stereocenters. The van der Waals surface area contributed by atoms with Gasteiger partial charge in [-0.3, -0.25) is 4.79 Å². The van der Waals surface area contributed by atoms with Crippen molar-refractivity contribution in [3.05, 3.63) is 24.2 Å². The van der Waals surface area contributed by atoms with Gasteiger partial charge in [0.2, 0.25) is 0 Å². The molecule has 6 heteroatoms. The van der Waals surface area contributed by atoms with Gasteiger partial charge in [-0.25, -0.2) is 4.79 Å². The minimum Gasteiger partial charge on any atom is -0.459 e. The third-order valence-corrected chi connectivity index (χ3v) is 1.78. The molecule has 1 heterocycles. The molecule has 0 aliphatic carbocycles. The molecule has 0 saturated carbocycles. The van der Waals surface area contributed by atoms with Gasteiger partial charge in [0.1, 0.15) is 0 Å². The number of furan rings is 1. The number of nitrogens with one attached hydrogen (secondary N) is 3. The summed E-state index contributed by atoms with van der Waals surface area (Å²) in [6, 6.07) is 2.98. The van der Waals surface area contributed by atoms with E-state index in [0.29, 0.717) is 19.6 Å². The Morgan fingerprint density at radius 2 is 2.00 bits per heavy atom. The minimum absolute atomic E-state index is 0.241. The summed E-state index contributed by atoms with van der Waals surface area (Å²) < 4.78 is 4.90. The van der Waals surface area contributed by atoms with E-state index in [2.05, 4.69) is 16.0 Å². The van der Waals surface area contributed by atoms with Crippen LogP contribution in [0.5, 0.6) is 0 Å². The van der Waals surface area contributed by atoms with Crippen LogP contribution in [0.15, 0.2) is 22.8 Å². The van der Waals surface area contributed by atoms with Gasteiger partial charge in [-0.2, -0.15) is 0 Å². The molecule has 0 aliphatic heterocycles. The molecule has 0 aromatic carbocycles. The van der Waals surface area contributed by atoms with E-state index in [-0.39, 0.29) is 17.7 Å². The quantitative estimate of drug-likeness (QED) is 0.631. The van der Waals surface area contributed by atoms with Gasteiger partial charge < -0.3 is 20.4 Å². The van der Waals surface area contributed by atoms with Crippen molar-refractivity contribution in [1.82, 2.24) is 16.0 Å². The SMILES string of the molecule is CCNC(=O)NCCNC(=O)c1ccco1. The van der Waals surface area contributed by atoms with Crippen LogP contribution in [0.25, 0.3) is 0 Å². The number of hydrogen-bond donors (Lipinski definition) is 3. The van der Waals surface area contributed by atoms with Gasteiger partial charge in [-0.05, 0) is 19.1 Å². The van der Waals surface area contributed by atoms with Crippen molar-refractivity contribution in [2.75, 3.05) is 19.6 Å². The highest BCUT2D eigenvalue weighted by atomic mass is 16.3. The smallest absolute Gasteiger partial charge is 0.314 e. The third-order valence-electron chi connectivity index (χ3n) is 1.78. The highest BCUT2D eigenvalue weighted by Crippen LogP contribution is 1.98. The molecule has 6 nitrogen and oxygen atoms in total. The van der Waals surface area contributed by atoms with Gasteiger partial charge >= 0.3 is 6.03 Å². The largest absolute Gasteiger partial charge is 0.459 e. The van der Waals surface area contributed by atoms with Crippen LogP contribution in [0.4, 0.5) is 4.79 Å². The summed E-state index contributed by atoms with van der Waals surface area (Å²) in [4.78, 5) is 22.3. The van der Waals surface area contributed by atoms with E-state index in [0.717, 1.165) is 0 Å². The van der Waals surface area contributed by atoms with Crippen molar-refractivity contribution in [3.63, 3.8) is 0 Å². The van der Waals surface area contributed by atoms with Crippen LogP contribution in [0.3, 0.4) is 0 Å². The van der Waals surface area contributed by atoms with E-state index in [1.807, 2.05) is 6.92 Å². The van der Waals surface area contributed by atoms with E-state index in [4.69, 9.17) is 4.42 Å². The van der Waals surface area contributed by atoms with Gasteiger partial charge in [0, 0.05) is 19.6 Å². The number of carbonyl (C=O) groups is 2. The fraction of sp³-hybridized carbons (Fsp3) is 0.400. The number of amides is 3. The highest BCUT2D eigenvalue weighted by Gasteiger charge is 2.06. The van der Waals surface area contributed by atoms with E-state index >= 15 is 0 Å². The van der Waals surface area contributed by atoms with Gasteiger partial charge in [0.15, 0.2) is 5.76 Å². The Hall–Kier alpha value is -1.98. The Morgan fingerprint density at radius 3 is 2.62 bits per heavy atom. The zero-order valence-electron chi connectivity index (χ0n) is 9.08. The Labute approximate surface area is 93.4 Å². The fourth-order valence-electron chi connectivity index (χ4n) is 1.07. The number of carbonyl (C=O) groups excluding carboxylic acids is 2. The van der Waals surface area contributed by atoms with Crippen LogP contribution < -0.4 is 16.0 Å². The second kappa shape index (κ2) is 6.49. The average Bonchev–Trinajstić information content (AvgIpc) is 2.78. The van der Waals surface area contributed by atoms with Crippen molar-refractivity contribution in [3.8, 4) is 0 Å². The maximum absolute atomic E-state index is 11.3. The molecule has 1 aromatic heterocycles. The van der Waals surface area contributed by atoms with E-state index in [9.17, 15) is 9.59 Å². The first-order chi connectivity index (χ1) is 7.74. The molecule has 3 amide bonds. The lowest BCUT2D eigenvalue weighted by molar-refractivity contribution is 0.0926. The van der Waals surface area contributed by atoms with Crippen molar-refractivity contribution >= 4 is 11.9 Å². The number of rotatable bonds is 5. The fourth-order valence-corrected chi connectivity index (χ4v) is 1.07. The molecule has 0 spiro atoms. The summed E-state index contributed by atoms with van der Waals surface area (Å²) in [6.07, 6.45) is 1.43. The molecular weight excluding hydrogens is 210 g/mol. The van der Waals surface area contributed by atoms with Gasteiger partial charge in [-0.1, -0.05) is 0 Å². The normalized spacial score (nSPS) is 9.56. The predicted octanol–water partition coefficient (Wildman–Crippen LogP) is 0.329. The van der Waals surface area contributed by atoms with Crippen LogP contribution in [0, 0.1) is 0 Å². The molecule has 0 radical (unpaired) electrons. The molecule has 88 valence electrons. The van der Waals surface area contributed by atoms with Crippen LogP contribution in [-0.2, 0) is 0 Å². The topological polar surface area (TPSA) is 83.4 Å². The van der Waals surface area contributed by atoms with Crippen LogP contribution in [0.1, 0.15) is 17.5 Å². The van der Waals surface area contributed by atoms with E-state index in [1.165, 1.54) is 6.26 Å². The number of urea groups is 1. The summed E-state index contributed by atoms with van der Waals surface area (Å²) in [5.41, 5.74) is 0. The van der Waals surface area contributed by atoms with Crippen LogP contribution >= 0.6 is 0 Å². The molecule has 0 fully saturated rings. The van der Waals surface area contributed by atoms with E-state index in [1.54, 1.807) is 12.1 Å². The third kappa shape index (κ3) is 4.04. The van der Waals surface area contributed by atoms with Crippen molar-refractivity contribution in [1.29, 1.82) is 0 Å². The maximum atomic E-state index is 11.3. The first kappa shape index (κ1) is 12.1. The minimum atomic E-state index is -0.289. The molecule has 1 aromatic rings. The Kier molecular flexibility index (Phi) is 4.91. The van der Waals surface area contributed by atoms with Crippen LogP contribution in [-0.4, -0.2) is 31.6 Å². The summed E-state index contributed by atoms with van der Waals surface area (Å²) in [5.74, 6) is -0.0271. The zero-order valence-corrected chi connectivity index (χ0v) is 9.08. The number of hydrogen-bond acceptors (Lipinski definition) is 3. The molecule has 16 heavy (non-hydrogen) atoms. The van der Waals surface area contributed by atoms with Crippen LogP contribution in [0.2, 0.25) is 0 Å². The molecule has 1 rings (SSSR count). The molecule has 0 saturated heterocycles. The predicted molar refractivity (Wildman–Crippen MR) is 58.1 cm³/mol. The molecule has 0 bridgehead atoms. The van der Waals surface area contributed by atoms with Crippen molar-refractivity contribution in [2.24, 2.45) is 0 Å². The molecule has 3 N–H and O–H groups in total. The first-order valence-corrected chi connectivity index (χ1v) is 5.07. The first-order valence-electron chi connectivity index (χ1n) is 5.07. The Bertz CT molecular complexity index is 335. The monoisotopic (exact) mass is 225 g/mol. The zero-order chi connectivity index (χ0) is 11.8. The Morgan fingerprint density at radius 1 is 1.25 bits per heavy atom. The Balaban J connectivity index is 2.12. The summed E-state index contributed by atoms with van der Waals surface area (Å²) >= 11 is 0. The van der Waals surface area contributed by atoms with Crippen molar-refractivity contribution < 1.29 is 14.0 Å². The second-order valence-electron chi connectivity index (χ2n) is 3.02. The molecule has 0 aliphatic rings. The van der Waals surface area contributed by atoms with Gasteiger partial charge in [-0.15, -0.1) is 0 Å². The second-order valence-corrected chi connectivity index (χ2v) is 3.02. The highest BCUT2D eigenvalue weighted by molar-refractivity contribution is 5.91. The van der Waals surface area contributed by atoms with Gasteiger partial charge in [0.25, 0.3) is 5.91 Å². The lowest BCUT2D eigenvalue weighted by Gasteiger charge is -2.06. The van der Waals surface area contributed by atoms with Crippen molar-refractivity contribution in [2.45, 2.75) is 6.92 Å². The van der Waals surface area contributed by atoms with E-state index < -0.39 is 0 Å². The molecule has 0 atom stereocenters. The average molecular weight is 225 g/mol. The molecular formula is C10H15N3O3. The lowest BCUT2D eigenvalue weighted by Crippen LogP contribution is -2.40. The summed E-state index contributed by atoms with van der Waals surface area (Å²) in [7, 11) is 0. The summed E-state index contributed by atoms with van der Waals surface area (Å²) in [5, 5.41) is 7.78. The standard InChI is InChI=1S/C10H15N3O3/c1-2-11-10(15)13-6-5-12-9(14)8-4-3-7-16-8/h3-4,7H,2,5-6H2,1H3,(H,12,14)(H2,11,13,15). The van der Waals surface area contributed by atoms with Gasteiger partial charge in [0.05, 0.1) is 6.26 Å². The maximum Gasteiger partial charge on any atom is 0.314 e. The summed E-state index contributed by atoms with van der Waals surface area (Å²) in [6.45, 7) is 3.14. The lowest BCUT2D eigenvalue weighted by atomic mass is 10.4.